The maximum absolute atomic E-state index is 12.4. The van der Waals surface area contributed by atoms with Gasteiger partial charge in [-0.1, -0.05) is 25.1 Å². The number of carbonyl (C=O) groups is 1. The molecule has 0 atom stereocenters. The third-order valence-corrected chi connectivity index (χ3v) is 4.57. The van der Waals surface area contributed by atoms with Gasteiger partial charge in [0.1, 0.15) is 0 Å². The summed E-state index contributed by atoms with van der Waals surface area (Å²) in [5, 5.41) is 5.58. The van der Waals surface area contributed by atoms with Crippen molar-refractivity contribution in [2.45, 2.75) is 26.8 Å². The minimum atomic E-state index is 0.244. The van der Waals surface area contributed by atoms with E-state index in [1.54, 1.807) is 0 Å². The molecule has 0 saturated carbocycles. The van der Waals surface area contributed by atoms with Crippen molar-refractivity contribution >= 4 is 16.8 Å². The number of nitrogens with zero attached hydrogens (tertiary/aromatic N) is 4. The smallest absolute Gasteiger partial charge is 0.224 e. The Hall–Kier alpha value is -1.88. The Kier molecular flexibility index (Phi) is 4.43. The molecule has 0 bridgehead atoms. The van der Waals surface area contributed by atoms with E-state index in [1.807, 2.05) is 21.8 Å². The highest BCUT2D eigenvalue weighted by molar-refractivity contribution is 5.82. The first-order valence-electron chi connectivity index (χ1n) is 8.10. The van der Waals surface area contributed by atoms with Gasteiger partial charge in [0.2, 0.25) is 5.91 Å². The first-order chi connectivity index (χ1) is 10.7. The zero-order valence-corrected chi connectivity index (χ0v) is 13.5. The zero-order valence-electron chi connectivity index (χ0n) is 13.5. The highest BCUT2D eigenvalue weighted by atomic mass is 16.2. The van der Waals surface area contributed by atoms with E-state index in [1.165, 1.54) is 5.56 Å². The number of hydrogen-bond donors (Lipinski definition) is 0. The fraction of sp³-hybridized carbons (Fsp3) is 0.529. The predicted molar refractivity (Wildman–Crippen MR) is 87.8 cm³/mol. The number of rotatable bonds is 4. The Balaban J connectivity index is 1.61. The molecular formula is C17H24N4O. The van der Waals surface area contributed by atoms with E-state index >= 15 is 0 Å². The Labute approximate surface area is 131 Å². The summed E-state index contributed by atoms with van der Waals surface area (Å²) in [5.41, 5.74) is 2.35. The molecule has 22 heavy (non-hydrogen) atoms. The molecular weight excluding hydrogens is 276 g/mol. The summed E-state index contributed by atoms with van der Waals surface area (Å²) in [6.45, 7) is 9.67. The Bertz CT molecular complexity index is 656. The van der Waals surface area contributed by atoms with Crippen molar-refractivity contribution in [3.8, 4) is 0 Å². The molecule has 1 aliphatic heterocycles. The zero-order chi connectivity index (χ0) is 15.5. The number of amides is 1. The van der Waals surface area contributed by atoms with E-state index in [9.17, 15) is 4.79 Å². The second-order valence-electron chi connectivity index (χ2n) is 5.95. The molecule has 2 aromatic rings. The fourth-order valence-corrected chi connectivity index (χ4v) is 3.17. The van der Waals surface area contributed by atoms with Crippen molar-refractivity contribution in [1.82, 2.24) is 19.6 Å². The standard InChI is InChI=1S/C17H24N4O/c1-3-19-9-11-20(12-10-19)16(22)7-8-21-17-14(2)5-4-6-15(17)13-18-21/h4-6,13H,3,7-12H2,1-2H3. The summed E-state index contributed by atoms with van der Waals surface area (Å²) in [6.07, 6.45) is 2.41. The summed E-state index contributed by atoms with van der Waals surface area (Å²) in [7, 11) is 0. The number of likely N-dealkylation sites (N-methyl/N-ethyl adjacent to an activating group) is 1. The lowest BCUT2D eigenvalue weighted by molar-refractivity contribution is -0.133. The van der Waals surface area contributed by atoms with Gasteiger partial charge in [-0.05, 0) is 19.0 Å². The second kappa shape index (κ2) is 6.48. The van der Waals surface area contributed by atoms with Crippen molar-refractivity contribution in [1.29, 1.82) is 0 Å². The average Bonchev–Trinajstić information content (AvgIpc) is 2.97. The summed E-state index contributed by atoms with van der Waals surface area (Å²) < 4.78 is 1.96. The van der Waals surface area contributed by atoms with E-state index in [4.69, 9.17) is 0 Å². The fourth-order valence-electron chi connectivity index (χ4n) is 3.17. The van der Waals surface area contributed by atoms with Crippen molar-refractivity contribution in [3.63, 3.8) is 0 Å². The number of benzene rings is 1. The van der Waals surface area contributed by atoms with Gasteiger partial charge in [-0.25, -0.2) is 0 Å². The van der Waals surface area contributed by atoms with Crippen LogP contribution in [0.5, 0.6) is 0 Å². The van der Waals surface area contributed by atoms with Crippen LogP contribution in [0.1, 0.15) is 18.9 Å². The maximum Gasteiger partial charge on any atom is 0.224 e. The molecule has 5 nitrogen and oxygen atoms in total. The minimum absolute atomic E-state index is 0.244. The Morgan fingerprint density at radius 2 is 2.00 bits per heavy atom. The van der Waals surface area contributed by atoms with Gasteiger partial charge >= 0.3 is 0 Å². The van der Waals surface area contributed by atoms with E-state index < -0.39 is 0 Å². The summed E-state index contributed by atoms with van der Waals surface area (Å²) >= 11 is 0. The summed E-state index contributed by atoms with van der Waals surface area (Å²) in [6, 6.07) is 6.20. The van der Waals surface area contributed by atoms with Crippen LogP contribution in [0.4, 0.5) is 0 Å². The summed E-state index contributed by atoms with van der Waals surface area (Å²) in [5.74, 6) is 0.244. The van der Waals surface area contributed by atoms with Gasteiger partial charge in [-0.15, -0.1) is 0 Å². The molecule has 5 heteroatoms. The van der Waals surface area contributed by atoms with Gasteiger partial charge in [0.15, 0.2) is 0 Å². The van der Waals surface area contributed by atoms with Crippen LogP contribution >= 0.6 is 0 Å². The largest absolute Gasteiger partial charge is 0.340 e. The lowest BCUT2D eigenvalue weighted by Crippen LogP contribution is -2.48. The Morgan fingerprint density at radius 1 is 1.23 bits per heavy atom. The summed E-state index contributed by atoms with van der Waals surface area (Å²) in [4.78, 5) is 16.7. The monoisotopic (exact) mass is 300 g/mol. The highest BCUT2D eigenvalue weighted by Gasteiger charge is 2.20. The third kappa shape index (κ3) is 2.99. The van der Waals surface area contributed by atoms with Crippen LogP contribution in [-0.2, 0) is 11.3 Å². The van der Waals surface area contributed by atoms with Gasteiger partial charge in [0.05, 0.1) is 18.3 Å². The lowest BCUT2D eigenvalue weighted by atomic mass is 10.2. The molecule has 1 fully saturated rings. The third-order valence-electron chi connectivity index (χ3n) is 4.57. The molecule has 1 amide bonds. The van der Waals surface area contributed by atoms with Crippen molar-refractivity contribution in [3.05, 3.63) is 30.0 Å². The van der Waals surface area contributed by atoms with Crippen LogP contribution in [0, 0.1) is 6.92 Å². The molecule has 0 N–H and O–H groups in total. The number of aryl methyl sites for hydroxylation is 2. The van der Waals surface area contributed by atoms with Crippen molar-refractivity contribution < 1.29 is 4.79 Å². The van der Waals surface area contributed by atoms with Gasteiger partial charge in [0.25, 0.3) is 0 Å². The van der Waals surface area contributed by atoms with E-state index in [-0.39, 0.29) is 5.91 Å². The number of piperazine rings is 1. The highest BCUT2D eigenvalue weighted by Crippen LogP contribution is 2.18. The first kappa shape index (κ1) is 15.0. The van der Waals surface area contributed by atoms with Gasteiger partial charge in [-0.3, -0.25) is 9.48 Å². The van der Waals surface area contributed by atoms with Crippen LogP contribution in [0.3, 0.4) is 0 Å². The molecule has 1 aliphatic rings. The van der Waals surface area contributed by atoms with Crippen LogP contribution in [0.25, 0.3) is 10.9 Å². The van der Waals surface area contributed by atoms with Crippen LogP contribution in [0.2, 0.25) is 0 Å². The maximum atomic E-state index is 12.4. The minimum Gasteiger partial charge on any atom is -0.340 e. The van der Waals surface area contributed by atoms with Crippen molar-refractivity contribution in [2.75, 3.05) is 32.7 Å². The van der Waals surface area contributed by atoms with Gasteiger partial charge in [-0.2, -0.15) is 5.10 Å². The molecule has 118 valence electrons. The number of fused-ring (bicyclic) bond motifs is 1. The molecule has 1 aromatic heterocycles. The molecule has 0 unspecified atom stereocenters. The number of hydrogen-bond acceptors (Lipinski definition) is 3. The van der Waals surface area contributed by atoms with Crippen LogP contribution < -0.4 is 0 Å². The van der Waals surface area contributed by atoms with Gasteiger partial charge < -0.3 is 9.80 Å². The van der Waals surface area contributed by atoms with Gasteiger partial charge in [0, 0.05) is 38.0 Å². The molecule has 0 spiro atoms. The van der Waals surface area contributed by atoms with E-state index in [0.717, 1.165) is 43.6 Å². The lowest BCUT2D eigenvalue weighted by Gasteiger charge is -2.34. The van der Waals surface area contributed by atoms with Crippen LogP contribution in [0.15, 0.2) is 24.4 Å². The number of carbonyl (C=O) groups excluding carboxylic acids is 1. The normalized spacial score (nSPS) is 16.4. The van der Waals surface area contributed by atoms with Crippen molar-refractivity contribution in [2.24, 2.45) is 0 Å². The average molecular weight is 300 g/mol. The molecule has 2 heterocycles. The van der Waals surface area contributed by atoms with Crippen LogP contribution in [-0.4, -0.2) is 58.2 Å². The predicted octanol–water partition coefficient (Wildman–Crippen LogP) is 1.90. The number of aromatic nitrogens is 2. The molecule has 1 saturated heterocycles. The Morgan fingerprint density at radius 3 is 2.73 bits per heavy atom. The van der Waals surface area contributed by atoms with E-state index in [2.05, 4.69) is 36.0 Å². The topological polar surface area (TPSA) is 41.4 Å². The first-order valence-corrected chi connectivity index (χ1v) is 8.10. The molecule has 3 rings (SSSR count). The molecule has 0 aliphatic carbocycles. The second-order valence-corrected chi connectivity index (χ2v) is 5.95. The molecule has 0 radical (unpaired) electrons. The van der Waals surface area contributed by atoms with E-state index in [0.29, 0.717) is 13.0 Å². The molecule has 1 aromatic carbocycles. The SMILES string of the molecule is CCN1CCN(C(=O)CCn2ncc3cccc(C)c32)CC1. The number of para-hydroxylation sites is 1. The quantitative estimate of drug-likeness (QED) is 0.866.